The van der Waals surface area contributed by atoms with Gasteiger partial charge in [0.1, 0.15) is 10.0 Å². The fourth-order valence-corrected chi connectivity index (χ4v) is 4.21. The lowest BCUT2D eigenvalue weighted by Crippen LogP contribution is -2.45. The van der Waals surface area contributed by atoms with Gasteiger partial charge in [-0.25, -0.2) is 18.1 Å². The van der Waals surface area contributed by atoms with E-state index in [2.05, 4.69) is 28.5 Å². The third kappa shape index (κ3) is 4.16. The molecule has 2 rings (SSSR count). The Hall–Kier alpha value is -0.690. The molecule has 1 aliphatic rings. The number of nitrogens with one attached hydrogen (secondary N) is 1. The van der Waals surface area contributed by atoms with Crippen LogP contribution in [0.5, 0.6) is 0 Å². The molecule has 1 atom stereocenters. The number of rotatable bonds is 6. The number of aromatic nitrogens is 1. The van der Waals surface area contributed by atoms with Gasteiger partial charge in [0.05, 0.1) is 0 Å². The Kier molecular flexibility index (Phi) is 5.60. The summed E-state index contributed by atoms with van der Waals surface area (Å²) < 4.78 is 27.4. The van der Waals surface area contributed by atoms with Crippen molar-refractivity contribution in [3.05, 3.63) is 23.5 Å². The summed E-state index contributed by atoms with van der Waals surface area (Å²) in [5.41, 5.74) is 0. The molecule has 0 spiro atoms. The van der Waals surface area contributed by atoms with E-state index in [1.54, 1.807) is 6.07 Å². The average Bonchev–Trinajstić information content (AvgIpc) is 2.92. The predicted octanol–water partition coefficient (Wildman–Crippen LogP) is 2.13. The third-order valence-electron chi connectivity index (χ3n) is 3.88. The maximum atomic E-state index is 12.3. The highest BCUT2D eigenvalue weighted by molar-refractivity contribution is 7.89. The lowest BCUT2D eigenvalue weighted by molar-refractivity contribution is 0.193. The van der Waals surface area contributed by atoms with E-state index in [0.29, 0.717) is 12.5 Å². The fourth-order valence-electron chi connectivity index (χ4n) is 2.70. The zero-order valence-electron chi connectivity index (χ0n) is 12.4. The van der Waals surface area contributed by atoms with Gasteiger partial charge in [0.15, 0.2) is 0 Å². The van der Waals surface area contributed by atoms with Crippen molar-refractivity contribution in [1.82, 2.24) is 14.6 Å². The highest BCUT2D eigenvalue weighted by atomic mass is 35.5. The minimum Gasteiger partial charge on any atom is -0.299 e. The second kappa shape index (κ2) is 7.05. The molecule has 21 heavy (non-hydrogen) atoms. The molecule has 7 heteroatoms. The van der Waals surface area contributed by atoms with Crippen molar-refractivity contribution in [3.63, 3.8) is 0 Å². The van der Waals surface area contributed by atoms with E-state index >= 15 is 0 Å². The van der Waals surface area contributed by atoms with Crippen LogP contribution < -0.4 is 4.72 Å². The molecule has 0 radical (unpaired) electrons. The van der Waals surface area contributed by atoms with Crippen LogP contribution >= 0.6 is 11.6 Å². The summed E-state index contributed by atoms with van der Waals surface area (Å²) in [6.07, 6.45) is 3.84. The van der Waals surface area contributed by atoms with Gasteiger partial charge in [0, 0.05) is 18.8 Å². The standard InChI is InChI=1S/C14H22ClN3O2S/c1-11(2)12(18-8-3-4-9-18)10-17-21(19,20)13-6-5-7-16-14(13)15/h5-7,11-12,17H,3-4,8-10H2,1-2H3. The smallest absolute Gasteiger partial charge is 0.243 e. The first-order valence-corrected chi connectivity index (χ1v) is 9.12. The quantitative estimate of drug-likeness (QED) is 0.811. The number of likely N-dealkylation sites (tertiary alicyclic amines) is 1. The molecule has 1 aromatic heterocycles. The molecule has 1 saturated heterocycles. The molecule has 0 saturated carbocycles. The molecule has 0 amide bonds. The van der Waals surface area contributed by atoms with Crippen LogP contribution in [0.2, 0.25) is 5.15 Å². The fraction of sp³-hybridized carbons (Fsp3) is 0.643. The van der Waals surface area contributed by atoms with E-state index in [-0.39, 0.29) is 16.1 Å². The number of halogens is 1. The molecule has 1 fully saturated rings. The van der Waals surface area contributed by atoms with Crippen molar-refractivity contribution in [2.75, 3.05) is 19.6 Å². The first-order chi connectivity index (χ1) is 9.92. The van der Waals surface area contributed by atoms with Gasteiger partial charge in [0.2, 0.25) is 10.0 Å². The predicted molar refractivity (Wildman–Crippen MR) is 83.9 cm³/mol. The summed E-state index contributed by atoms with van der Waals surface area (Å²) in [4.78, 5) is 6.22. The zero-order chi connectivity index (χ0) is 15.5. The lowest BCUT2D eigenvalue weighted by Gasteiger charge is -2.30. The van der Waals surface area contributed by atoms with Gasteiger partial charge < -0.3 is 0 Å². The number of nitrogens with zero attached hydrogens (tertiary/aromatic N) is 2. The van der Waals surface area contributed by atoms with Crippen molar-refractivity contribution in [3.8, 4) is 0 Å². The molecule has 1 N–H and O–H groups in total. The van der Waals surface area contributed by atoms with Gasteiger partial charge in [-0.3, -0.25) is 4.90 Å². The first-order valence-electron chi connectivity index (χ1n) is 7.26. The second-order valence-electron chi connectivity index (χ2n) is 5.70. The zero-order valence-corrected chi connectivity index (χ0v) is 14.0. The molecule has 5 nitrogen and oxygen atoms in total. The first kappa shape index (κ1) is 16.7. The van der Waals surface area contributed by atoms with Crippen molar-refractivity contribution in [2.45, 2.75) is 37.6 Å². The number of pyridine rings is 1. The Morgan fingerprint density at radius 1 is 1.38 bits per heavy atom. The molecule has 0 bridgehead atoms. The summed E-state index contributed by atoms with van der Waals surface area (Å²) in [6, 6.07) is 3.25. The van der Waals surface area contributed by atoms with E-state index in [4.69, 9.17) is 11.6 Å². The molecule has 118 valence electrons. The van der Waals surface area contributed by atoms with Crippen LogP contribution in [-0.2, 0) is 10.0 Å². The molecule has 1 aliphatic heterocycles. The SMILES string of the molecule is CC(C)C(CNS(=O)(=O)c1cccnc1Cl)N1CCCC1. The van der Waals surface area contributed by atoms with E-state index in [9.17, 15) is 8.42 Å². The molecule has 2 heterocycles. The maximum absolute atomic E-state index is 12.3. The minimum absolute atomic E-state index is 0.00673. The lowest BCUT2D eigenvalue weighted by atomic mass is 10.0. The van der Waals surface area contributed by atoms with Gasteiger partial charge in [-0.2, -0.15) is 0 Å². The summed E-state index contributed by atoms with van der Waals surface area (Å²) in [6.45, 7) is 6.71. The van der Waals surface area contributed by atoms with Crippen molar-refractivity contribution < 1.29 is 8.42 Å². The number of sulfonamides is 1. The number of hydrogen-bond acceptors (Lipinski definition) is 4. The summed E-state index contributed by atoms with van der Waals surface area (Å²) in [5.74, 6) is 0.384. The Balaban J connectivity index is 2.08. The van der Waals surface area contributed by atoms with Gasteiger partial charge in [-0.1, -0.05) is 25.4 Å². The summed E-state index contributed by atoms with van der Waals surface area (Å²) in [5, 5.41) is 0.00673. The Morgan fingerprint density at radius 3 is 2.62 bits per heavy atom. The summed E-state index contributed by atoms with van der Waals surface area (Å²) >= 11 is 5.87. The van der Waals surface area contributed by atoms with Crippen LogP contribution in [0.1, 0.15) is 26.7 Å². The molecule has 0 aromatic carbocycles. The van der Waals surface area contributed by atoms with Crippen LogP contribution in [-0.4, -0.2) is 44.0 Å². The molecule has 0 aliphatic carbocycles. The van der Waals surface area contributed by atoms with Crippen LogP contribution in [0.25, 0.3) is 0 Å². The Labute approximate surface area is 131 Å². The maximum Gasteiger partial charge on any atom is 0.243 e. The van der Waals surface area contributed by atoms with Crippen molar-refractivity contribution in [2.24, 2.45) is 5.92 Å². The third-order valence-corrected chi connectivity index (χ3v) is 5.74. The van der Waals surface area contributed by atoms with Crippen LogP contribution in [0, 0.1) is 5.92 Å². The number of hydrogen-bond donors (Lipinski definition) is 1. The molecule has 1 aromatic rings. The van der Waals surface area contributed by atoms with Crippen LogP contribution in [0.4, 0.5) is 0 Å². The van der Waals surface area contributed by atoms with E-state index in [0.717, 1.165) is 13.1 Å². The van der Waals surface area contributed by atoms with E-state index < -0.39 is 10.0 Å². The highest BCUT2D eigenvalue weighted by Gasteiger charge is 2.27. The van der Waals surface area contributed by atoms with Crippen LogP contribution in [0.15, 0.2) is 23.2 Å². The molecule has 1 unspecified atom stereocenters. The summed E-state index contributed by atoms with van der Waals surface area (Å²) in [7, 11) is -3.62. The second-order valence-corrected chi connectivity index (χ2v) is 7.79. The van der Waals surface area contributed by atoms with Gasteiger partial charge in [0.25, 0.3) is 0 Å². The Bertz CT molecular complexity index is 571. The van der Waals surface area contributed by atoms with Crippen molar-refractivity contribution >= 4 is 21.6 Å². The largest absolute Gasteiger partial charge is 0.299 e. The topological polar surface area (TPSA) is 62.3 Å². The molecular formula is C14H22ClN3O2S. The van der Waals surface area contributed by atoms with Gasteiger partial charge in [-0.05, 0) is 44.0 Å². The Morgan fingerprint density at radius 2 is 2.05 bits per heavy atom. The minimum atomic E-state index is -3.62. The van der Waals surface area contributed by atoms with E-state index in [1.807, 2.05) is 0 Å². The highest BCUT2D eigenvalue weighted by Crippen LogP contribution is 2.20. The molecular weight excluding hydrogens is 310 g/mol. The van der Waals surface area contributed by atoms with Crippen molar-refractivity contribution in [1.29, 1.82) is 0 Å². The van der Waals surface area contributed by atoms with Crippen LogP contribution in [0.3, 0.4) is 0 Å². The normalized spacial score (nSPS) is 18.3. The van der Waals surface area contributed by atoms with Gasteiger partial charge in [-0.15, -0.1) is 0 Å². The average molecular weight is 332 g/mol. The van der Waals surface area contributed by atoms with E-state index in [1.165, 1.54) is 25.1 Å². The van der Waals surface area contributed by atoms with Gasteiger partial charge >= 0.3 is 0 Å². The monoisotopic (exact) mass is 331 g/mol.